The van der Waals surface area contributed by atoms with E-state index in [1.807, 2.05) is 6.07 Å². The molecule has 3 N–H and O–H groups in total. The van der Waals surface area contributed by atoms with Crippen molar-refractivity contribution in [2.24, 2.45) is 0 Å². The molecule has 3 aromatic rings. The van der Waals surface area contributed by atoms with E-state index in [1.165, 1.54) is 16.7 Å². The maximum absolute atomic E-state index is 13.4. The van der Waals surface area contributed by atoms with Crippen LogP contribution in [0, 0.1) is 11.8 Å². The minimum atomic E-state index is -4.43. The van der Waals surface area contributed by atoms with Gasteiger partial charge in [-0.2, -0.15) is 13.2 Å². The van der Waals surface area contributed by atoms with Gasteiger partial charge in [0.15, 0.2) is 9.84 Å². The lowest BCUT2D eigenvalue weighted by Gasteiger charge is -2.30. The van der Waals surface area contributed by atoms with Gasteiger partial charge in [0.05, 0.1) is 28.3 Å². The molecule has 0 radical (unpaired) electrons. The van der Waals surface area contributed by atoms with E-state index in [2.05, 4.69) is 34.4 Å². The van der Waals surface area contributed by atoms with Crippen LogP contribution in [0.15, 0.2) is 47.4 Å². The van der Waals surface area contributed by atoms with Gasteiger partial charge in [-0.25, -0.2) is 8.42 Å². The largest absolute Gasteiger partial charge is 0.506 e. The molecule has 0 spiro atoms. The Morgan fingerprint density at radius 2 is 1.84 bits per heavy atom. The molecular weight excluding hydrogens is 505 g/mol. The number of aromatic nitrogens is 1. The first-order valence-electron chi connectivity index (χ1n) is 11.8. The van der Waals surface area contributed by atoms with Crippen LogP contribution >= 0.6 is 0 Å². The first-order valence-corrected chi connectivity index (χ1v) is 13.7. The van der Waals surface area contributed by atoms with Crippen LogP contribution in [0.4, 0.5) is 24.5 Å². The number of hydrogen-bond donors (Lipinski definition) is 3. The lowest BCUT2D eigenvalue weighted by atomic mass is 10.0. The second kappa shape index (κ2) is 10.6. The summed E-state index contributed by atoms with van der Waals surface area (Å²) in [6.07, 6.45) is -1.49. The minimum absolute atomic E-state index is 0.0250. The van der Waals surface area contributed by atoms with Crippen molar-refractivity contribution in [3.8, 4) is 17.6 Å². The number of benzene rings is 2. The molecule has 2 heterocycles. The normalized spacial score (nSPS) is 15.4. The number of aromatic hydroxyl groups is 1. The summed E-state index contributed by atoms with van der Waals surface area (Å²) >= 11 is 0. The van der Waals surface area contributed by atoms with Crippen molar-refractivity contribution < 1.29 is 26.7 Å². The molecule has 0 bridgehead atoms. The lowest BCUT2D eigenvalue weighted by Crippen LogP contribution is -2.36. The Morgan fingerprint density at radius 3 is 2.49 bits per heavy atom. The van der Waals surface area contributed by atoms with Gasteiger partial charge in [-0.05, 0) is 69.2 Å². The molecule has 1 aromatic heterocycles. The molecule has 0 saturated carbocycles. The number of likely N-dealkylation sites (tertiary alicyclic amines) is 1. The van der Waals surface area contributed by atoms with Crippen LogP contribution in [-0.4, -0.2) is 68.1 Å². The molecule has 11 heteroatoms. The topological polar surface area (TPSA) is 86.6 Å². The van der Waals surface area contributed by atoms with Gasteiger partial charge in [-0.1, -0.05) is 12.0 Å². The van der Waals surface area contributed by atoms with E-state index in [-0.39, 0.29) is 34.6 Å². The van der Waals surface area contributed by atoms with Gasteiger partial charge in [0, 0.05) is 29.4 Å². The number of fused-ring (bicyclic) bond motifs is 1. The molecule has 0 amide bonds. The monoisotopic (exact) mass is 534 g/mol. The first-order chi connectivity index (χ1) is 17.4. The summed E-state index contributed by atoms with van der Waals surface area (Å²) in [4.78, 5) is 2.23. The maximum Gasteiger partial charge on any atom is 0.406 e. The number of halogens is 3. The van der Waals surface area contributed by atoms with Gasteiger partial charge in [0.25, 0.3) is 0 Å². The number of nitrogens with zero attached hydrogens (tertiary/aromatic N) is 2. The molecule has 1 aliphatic rings. The standard InChI is InChI=1S/C26H29F3N4O3S/c1-32-13-10-18(11-14-32)31-22-6-3-7-24-21(22)15-19(33(24)17-26(27,28)29)5-4-12-30-23-9-8-20(16-25(23)34)37(2,35)36/h3,6-9,15-16,18,30-31,34H,10-14,17H2,1-2H3. The number of rotatable bonds is 6. The zero-order valence-corrected chi connectivity index (χ0v) is 21.4. The third kappa shape index (κ3) is 6.70. The fourth-order valence-electron chi connectivity index (χ4n) is 4.40. The van der Waals surface area contributed by atoms with Crippen LogP contribution in [0.5, 0.6) is 5.75 Å². The quantitative estimate of drug-likeness (QED) is 0.323. The Morgan fingerprint density at radius 1 is 1.11 bits per heavy atom. The van der Waals surface area contributed by atoms with Gasteiger partial charge in [-0.3, -0.25) is 0 Å². The number of hydrogen-bond acceptors (Lipinski definition) is 6. The van der Waals surface area contributed by atoms with Gasteiger partial charge in [0.1, 0.15) is 12.3 Å². The minimum Gasteiger partial charge on any atom is -0.506 e. The molecule has 198 valence electrons. The molecule has 0 unspecified atom stereocenters. The van der Waals surface area contributed by atoms with Crippen molar-refractivity contribution in [3.05, 3.63) is 48.2 Å². The van der Waals surface area contributed by atoms with Crippen LogP contribution in [0.3, 0.4) is 0 Å². The average molecular weight is 535 g/mol. The molecular formula is C26H29F3N4O3S. The van der Waals surface area contributed by atoms with Gasteiger partial charge in [-0.15, -0.1) is 0 Å². The molecule has 0 aliphatic carbocycles. The summed E-state index contributed by atoms with van der Waals surface area (Å²) in [5.74, 6) is 5.37. The van der Waals surface area contributed by atoms with Crippen molar-refractivity contribution in [1.29, 1.82) is 0 Å². The number of piperidine rings is 1. The fraction of sp³-hybridized carbons (Fsp3) is 0.385. The van der Waals surface area contributed by atoms with E-state index in [9.17, 15) is 26.7 Å². The molecule has 7 nitrogen and oxygen atoms in total. The summed E-state index contributed by atoms with van der Waals surface area (Å²) in [5, 5.41) is 17.2. The third-order valence-corrected chi connectivity index (χ3v) is 7.45. The number of phenols is 1. The van der Waals surface area contributed by atoms with Crippen molar-refractivity contribution >= 4 is 32.1 Å². The van der Waals surface area contributed by atoms with Gasteiger partial charge in [0.2, 0.25) is 0 Å². The number of anilines is 2. The number of sulfone groups is 1. The second-order valence-corrected chi connectivity index (χ2v) is 11.3. The predicted molar refractivity (Wildman–Crippen MR) is 139 cm³/mol. The first kappa shape index (κ1) is 26.7. The van der Waals surface area contributed by atoms with E-state index in [0.29, 0.717) is 10.9 Å². The Hall–Kier alpha value is -3.36. The lowest BCUT2D eigenvalue weighted by molar-refractivity contribution is -0.140. The Labute approximate surface area is 214 Å². The molecule has 4 rings (SSSR count). The van der Waals surface area contributed by atoms with E-state index in [1.54, 1.807) is 18.2 Å². The molecule has 2 aromatic carbocycles. The van der Waals surface area contributed by atoms with Crippen LogP contribution in [0.1, 0.15) is 18.5 Å². The summed E-state index contributed by atoms with van der Waals surface area (Å²) in [7, 11) is -1.40. The number of nitrogens with one attached hydrogen (secondary N) is 2. The predicted octanol–water partition coefficient (Wildman–Crippen LogP) is 4.28. The maximum atomic E-state index is 13.4. The molecule has 1 aliphatic heterocycles. The van der Waals surface area contributed by atoms with E-state index in [4.69, 9.17) is 0 Å². The van der Waals surface area contributed by atoms with Crippen molar-refractivity contribution in [2.75, 3.05) is 43.6 Å². The zero-order chi connectivity index (χ0) is 26.8. The molecule has 37 heavy (non-hydrogen) atoms. The van der Waals surface area contributed by atoms with Crippen molar-refractivity contribution in [1.82, 2.24) is 9.47 Å². The number of alkyl halides is 3. The summed E-state index contributed by atoms with van der Waals surface area (Å²) in [6.45, 7) is 0.775. The molecule has 0 atom stereocenters. The van der Waals surface area contributed by atoms with E-state index < -0.39 is 22.6 Å². The zero-order valence-electron chi connectivity index (χ0n) is 20.6. The highest BCUT2D eigenvalue weighted by molar-refractivity contribution is 7.90. The van der Waals surface area contributed by atoms with Crippen LogP contribution in [0.25, 0.3) is 10.9 Å². The average Bonchev–Trinajstić information content (AvgIpc) is 3.15. The Balaban J connectivity index is 1.58. The molecule has 1 fully saturated rings. The highest BCUT2D eigenvalue weighted by atomic mass is 32.2. The number of phenolic OH excluding ortho intramolecular Hbond substituents is 1. The van der Waals surface area contributed by atoms with Crippen LogP contribution in [-0.2, 0) is 16.4 Å². The van der Waals surface area contributed by atoms with Gasteiger partial charge >= 0.3 is 6.18 Å². The van der Waals surface area contributed by atoms with Gasteiger partial charge < -0.3 is 25.2 Å². The fourth-order valence-corrected chi connectivity index (χ4v) is 5.04. The van der Waals surface area contributed by atoms with E-state index in [0.717, 1.165) is 43.9 Å². The summed E-state index contributed by atoms with van der Waals surface area (Å²) in [6, 6.07) is 11.1. The summed E-state index contributed by atoms with van der Waals surface area (Å²) < 4.78 is 64.7. The highest BCUT2D eigenvalue weighted by Crippen LogP contribution is 2.31. The van der Waals surface area contributed by atoms with Crippen LogP contribution in [0.2, 0.25) is 0 Å². The third-order valence-electron chi connectivity index (χ3n) is 6.34. The Kier molecular flexibility index (Phi) is 7.62. The highest BCUT2D eigenvalue weighted by Gasteiger charge is 2.30. The van der Waals surface area contributed by atoms with Crippen molar-refractivity contribution in [3.63, 3.8) is 0 Å². The smallest absolute Gasteiger partial charge is 0.406 e. The van der Waals surface area contributed by atoms with Crippen LogP contribution < -0.4 is 10.6 Å². The summed E-state index contributed by atoms with van der Waals surface area (Å²) in [5.41, 5.74) is 1.72. The van der Waals surface area contributed by atoms with Crippen molar-refractivity contribution in [2.45, 2.75) is 36.5 Å². The van der Waals surface area contributed by atoms with E-state index >= 15 is 0 Å². The SMILES string of the molecule is CN1CCC(Nc2cccc3c2cc(C#CCNc2ccc(S(C)(=O)=O)cc2O)n3CC(F)(F)F)CC1. The molecule has 1 saturated heterocycles. The Bertz CT molecular complexity index is 1450. The second-order valence-electron chi connectivity index (χ2n) is 9.30.